The highest BCUT2D eigenvalue weighted by Crippen LogP contribution is 2.36. The monoisotopic (exact) mass is 348 g/mol. The second-order valence-electron chi connectivity index (χ2n) is 6.58. The van der Waals surface area contributed by atoms with Crippen molar-refractivity contribution in [3.63, 3.8) is 0 Å². The maximum Gasteiger partial charge on any atom is 0.273 e. The number of hydrogen-bond acceptors (Lipinski definition) is 6. The summed E-state index contributed by atoms with van der Waals surface area (Å²) in [7, 11) is 0. The zero-order valence-electron chi connectivity index (χ0n) is 14.4. The van der Waals surface area contributed by atoms with Crippen molar-refractivity contribution in [2.75, 3.05) is 0 Å². The molecule has 0 saturated heterocycles. The Labute approximate surface area is 145 Å². The first kappa shape index (κ1) is 17.1. The van der Waals surface area contributed by atoms with E-state index in [1.165, 1.54) is 37.1 Å². The number of nitrogens with zero attached hydrogens (tertiary/aromatic N) is 6. The van der Waals surface area contributed by atoms with Gasteiger partial charge in [-0.3, -0.25) is 4.79 Å². The predicted molar refractivity (Wildman–Crippen MR) is 93.1 cm³/mol. The molecule has 1 aliphatic rings. The van der Waals surface area contributed by atoms with E-state index in [0.29, 0.717) is 11.2 Å². The molecular weight excluding hydrogens is 324 g/mol. The second-order valence-corrected chi connectivity index (χ2v) is 7.89. The van der Waals surface area contributed by atoms with Gasteiger partial charge in [0.2, 0.25) is 0 Å². The minimum Gasteiger partial charge on any atom is -0.325 e. The van der Waals surface area contributed by atoms with Crippen LogP contribution in [0.5, 0.6) is 0 Å². The van der Waals surface area contributed by atoms with Crippen molar-refractivity contribution in [3.05, 3.63) is 28.4 Å². The van der Waals surface area contributed by atoms with E-state index >= 15 is 0 Å². The third-order valence-corrected chi connectivity index (χ3v) is 5.52. The topological polar surface area (TPSA) is 78.5 Å². The van der Waals surface area contributed by atoms with Crippen LogP contribution < -0.4 is 5.56 Å². The van der Waals surface area contributed by atoms with Crippen LogP contribution >= 0.6 is 11.8 Å². The summed E-state index contributed by atoms with van der Waals surface area (Å²) in [5.41, 5.74) is -0.214. The lowest BCUT2D eigenvalue weighted by atomic mass is 9.95. The lowest BCUT2D eigenvalue weighted by molar-refractivity contribution is 0.317. The molecule has 2 aromatic heterocycles. The average Bonchev–Trinajstić information content (AvgIpc) is 3.05. The quantitative estimate of drug-likeness (QED) is 0.610. The molecule has 0 N–H and O–H groups in total. The zero-order chi connectivity index (χ0) is 17.1. The lowest BCUT2D eigenvalue weighted by Crippen LogP contribution is -2.19. The van der Waals surface area contributed by atoms with Gasteiger partial charge in [0.25, 0.3) is 5.56 Å². The van der Waals surface area contributed by atoms with Crippen molar-refractivity contribution in [3.8, 4) is 0 Å². The third-order valence-electron chi connectivity index (χ3n) is 4.45. The average molecular weight is 348 g/mol. The van der Waals surface area contributed by atoms with Gasteiger partial charge in [-0.05, 0) is 44.0 Å². The molecule has 7 nitrogen and oxygen atoms in total. The van der Waals surface area contributed by atoms with Gasteiger partial charge in [0.05, 0.1) is 11.3 Å². The molecule has 2 aromatic rings. The molecule has 0 spiro atoms. The van der Waals surface area contributed by atoms with Crippen LogP contribution in [0.1, 0.15) is 76.0 Å². The number of rotatable bonds is 5. The van der Waals surface area contributed by atoms with Gasteiger partial charge >= 0.3 is 0 Å². The molecule has 2 heterocycles. The van der Waals surface area contributed by atoms with Crippen molar-refractivity contribution in [1.29, 1.82) is 0 Å². The molecule has 1 atom stereocenters. The van der Waals surface area contributed by atoms with Crippen LogP contribution in [0.2, 0.25) is 0 Å². The fourth-order valence-corrected chi connectivity index (χ4v) is 4.25. The highest BCUT2D eigenvalue weighted by molar-refractivity contribution is 7.99. The van der Waals surface area contributed by atoms with Crippen molar-refractivity contribution in [1.82, 2.24) is 29.8 Å². The predicted octanol–water partition coefficient (Wildman–Crippen LogP) is 3.17. The molecule has 0 aliphatic heterocycles. The molecule has 8 heteroatoms. The summed E-state index contributed by atoms with van der Waals surface area (Å²) in [6, 6.07) is 2.13. The Bertz CT molecular complexity index is 734. The van der Waals surface area contributed by atoms with Crippen molar-refractivity contribution in [2.24, 2.45) is 0 Å². The molecule has 0 unspecified atom stereocenters. The largest absolute Gasteiger partial charge is 0.325 e. The Morgan fingerprint density at radius 2 is 1.96 bits per heavy atom. The fraction of sp³-hybridized carbons (Fsp3) is 0.688. The second kappa shape index (κ2) is 7.46. The Morgan fingerprint density at radius 3 is 2.67 bits per heavy atom. The highest BCUT2D eigenvalue weighted by atomic mass is 32.2. The van der Waals surface area contributed by atoms with E-state index in [1.54, 1.807) is 6.20 Å². The Balaban J connectivity index is 1.83. The first-order valence-corrected chi connectivity index (χ1v) is 9.48. The Morgan fingerprint density at radius 1 is 1.21 bits per heavy atom. The van der Waals surface area contributed by atoms with Gasteiger partial charge in [-0.25, -0.2) is 4.68 Å². The van der Waals surface area contributed by atoms with Gasteiger partial charge in [-0.2, -0.15) is 4.98 Å². The number of tetrazole rings is 1. The van der Waals surface area contributed by atoms with E-state index in [1.807, 2.05) is 9.25 Å². The van der Waals surface area contributed by atoms with E-state index in [4.69, 9.17) is 0 Å². The molecule has 3 rings (SSSR count). The molecular formula is C16H24N6OS. The van der Waals surface area contributed by atoms with Gasteiger partial charge in [0, 0.05) is 18.3 Å². The maximum atomic E-state index is 11.7. The van der Waals surface area contributed by atoms with Crippen LogP contribution in [0.15, 0.2) is 22.2 Å². The minimum absolute atomic E-state index is 0.0289. The molecule has 0 amide bonds. The van der Waals surface area contributed by atoms with Gasteiger partial charge in [-0.15, -0.1) is 5.10 Å². The molecule has 130 valence electrons. The summed E-state index contributed by atoms with van der Waals surface area (Å²) in [4.78, 5) is 15.8. The van der Waals surface area contributed by atoms with Crippen LogP contribution in [0.4, 0.5) is 0 Å². The molecule has 0 radical (unpaired) electrons. The standard InChI is InChI=1S/C16H24N6OS/c1-11(2)21-10-9-14(23)17-16(21)24-12(3)15-18-19-20-22(15)13-7-5-4-6-8-13/h9-13H,4-8H2,1-3H3/t12-/m1/s1. The van der Waals surface area contributed by atoms with E-state index in [2.05, 4.69) is 41.3 Å². The van der Waals surface area contributed by atoms with Crippen molar-refractivity contribution >= 4 is 11.8 Å². The van der Waals surface area contributed by atoms with Crippen molar-refractivity contribution < 1.29 is 0 Å². The van der Waals surface area contributed by atoms with E-state index < -0.39 is 0 Å². The summed E-state index contributed by atoms with van der Waals surface area (Å²) < 4.78 is 3.99. The summed E-state index contributed by atoms with van der Waals surface area (Å²) in [6.45, 7) is 6.22. The first-order chi connectivity index (χ1) is 11.6. The lowest BCUT2D eigenvalue weighted by Gasteiger charge is -2.24. The van der Waals surface area contributed by atoms with Gasteiger partial charge < -0.3 is 4.57 Å². The van der Waals surface area contributed by atoms with E-state index in [-0.39, 0.29) is 16.9 Å². The van der Waals surface area contributed by atoms with Crippen molar-refractivity contribution in [2.45, 2.75) is 75.4 Å². The zero-order valence-corrected chi connectivity index (χ0v) is 15.2. The fourth-order valence-electron chi connectivity index (χ4n) is 3.14. The molecule has 0 aromatic carbocycles. The molecule has 1 saturated carbocycles. The molecule has 0 bridgehead atoms. The molecule has 1 fully saturated rings. The molecule has 1 aliphatic carbocycles. The third kappa shape index (κ3) is 3.68. The highest BCUT2D eigenvalue weighted by Gasteiger charge is 2.24. The van der Waals surface area contributed by atoms with Crippen LogP contribution in [-0.4, -0.2) is 29.8 Å². The molecule has 24 heavy (non-hydrogen) atoms. The summed E-state index contributed by atoms with van der Waals surface area (Å²) in [5.74, 6) is 0.861. The number of thioether (sulfide) groups is 1. The van der Waals surface area contributed by atoms with Crippen LogP contribution in [-0.2, 0) is 0 Å². The Kier molecular flexibility index (Phi) is 5.33. The van der Waals surface area contributed by atoms with Gasteiger partial charge in [0.15, 0.2) is 11.0 Å². The SMILES string of the molecule is CC(C)n1ccc(=O)nc1S[C@H](C)c1nnnn1C1CCCCC1. The number of hydrogen-bond donors (Lipinski definition) is 0. The maximum absolute atomic E-state index is 11.7. The normalized spacial score (nSPS) is 17.3. The number of aromatic nitrogens is 6. The summed E-state index contributed by atoms with van der Waals surface area (Å²) in [6.07, 6.45) is 7.84. The van der Waals surface area contributed by atoms with E-state index in [0.717, 1.165) is 18.7 Å². The minimum atomic E-state index is -0.214. The summed E-state index contributed by atoms with van der Waals surface area (Å²) >= 11 is 1.54. The van der Waals surface area contributed by atoms with Crippen LogP contribution in [0.3, 0.4) is 0 Å². The van der Waals surface area contributed by atoms with E-state index in [9.17, 15) is 4.79 Å². The summed E-state index contributed by atoms with van der Waals surface area (Å²) in [5, 5.41) is 13.1. The Hall–Kier alpha value is -1.70. The van der Waals surface area contributed by atoms with Gasteiger partial charge in [0.1, 0.15) is 0 Å². The smallest absolute Gasteiger partial charge is 0.273 e. The first-order valence-electron chi connectivity index (χ1n) is 8.60. The van der Waals surface area contributed by atoms with Crippen LogP contribution in [0.25, 0.3) is 0 Å². The van der Waals surface area contributed by atoms with Crippen LogP contribution in [0, 0.1) is 0 Å². The van der Waals surface area contributed by atoms with Gasteiger partial charge in [-0.1, -0.05) is 31.0 Å².